The van der Waals surface area contributed by atoms with Gasteiger partial charge in [-0.15, -0.1) is 0 Å². The SMILES string of the molecule is Cn1nc(C(F)(F)F)c(C(=O)O)c1Cl.Cn1nc(C(F)(F)F)c(C=O)c1Cl.OO. The highest BCUT2D eigenvalue weighted by atomic mass is 35.5. The standard InChI is InChI=1S/C6H4ClF3N2O2.C6H4ClF3N2O.H2O2/c1-12-4(7)2(5(13)14)3(11-12)6(8,9)10;1-12-5(7)3(2-13)4(11-12)6(8,9)10;1-2/h1H3,(H,13,14);2H,1H3;1-2H. The summed E-state index contributed by atoms with van der Waals surface area (Å²) in [6.45, 7) is 0. The first-order valence-electron chi connectivity index (χ1n) is 6.60. The fourth-order valence-electron chi connectivity index (χ4n) is 1.72. The third kappa shape index (κ3) is 6.31. The van der Waals surface area contributed by atoms with Gasteiger partial charge >= 0.3 is 18.3 Å². The largest absolute Gasteiger partial charge is 0.478 e. The molecule has 0 aromatic carbocycles. The molecule has 0 aliphatic heterocycles. The first-order chi connectivity index (χ1) is 13.1. The molecule has 2 rings (SSSR count). The third-order valence-electron chi connectivity index (χ3n) is 2.86. The van der Waals surface area contributed by atoms with Crippen LogP contribution in [0.25, 0.3) is 0 Å². The first kappa shape index (κ1) is 26.6. The van der Waals surface area contributed by atoms with Crippen LogP contribution in [-0.4, -0.2) is 47.4 Å². The molecule has 164 valence electrons. The summed E-state index contributed by atoms with van der Waals surface area (Å²) in [5, 5.41) is 25.7. The number of aryl methyl sites for hydroxylation is 2. The lowest BCUT2D eigenvalue weighted by molar-refractivity contribution is -0.176. The van der Waals surface area contributed by atoms with Crippen LogP contribution < -0.4 is 0 Å². The number of aldehydes is 1. The predicted octanol–water partition coefficient (Wildman–Crippen LogP) is 3.71. The quantitative estimate of drug-likeness (QED) is 0.261. The Balaban J connectivity index is 0.000000499. The summed E-state index contributed by atoms with van der Waals surface area (Å²) in [6, 6.07) is 0. The van der Waals surface area contributed by atoms with Crippen molar-refractivity contribution in [1.29, 1.82) is 0 Å². The van der Waals surface area contributed by atoms with E-state index in [1.165, 1.54) is 7.05 Å². The molecule has 2 heterocycles. The third-order valence-corrected chi connectivity index (χ3v) is 3.74. The molecule has 0 aliphatic rings. The number of hydrogen-bond acceptors (Lipinski definition) is 6. The van der Waals surface area contributed by atoms with Crippen LogP contribution in [0.3, 0.4) is 0 Å². The van der Waals surface area contributed by atoms with E-state index in [0.717, 1.165) is 11.7 Å². The summed E-state index contributed by atoms with van der Waals surface area (Å²) in [6.07, 6.45) is -9.43. The Morgan fingerprint density at radius 3 is 1.59 bits per heavy atom. The molecular weight excluding hydrogens is 465 g/mol. The first-order valence-corrected chi connectivity index (χ1v) is 7.36. The van der Waals surface area contributed by atoms with Crippen molar-refractivity contribution < 1.29 is 51.6 Å². The number of carboxylic acid groups (broad SMARTS) is 1. The van der Waals surface area contributed by atoms with Crippen LogP contribution in [0.15, 0.2) is 0 Å². The van der Waals surface area contributed by atoms with E-state index in [2.05, 4.69) is 10.2 Å². The smallest absolute Gasteiger partial charge is 0.436 e. The van der Waals surface area contributed by atoms with E-state index in [0.29, 0.717) is 4.68 Å². The van der Waals surface area contributed by atoms with Crippen LogP contribution in [0.1, 0.15) is 32.1 Å². The number of aromatic carboxylic acids is 1. The van der Waals surface area contributed by atoms with Crippen molar-refractivity contribution in [3.63, 3.8) is 0 Å². The Bertz CT molecular complexity index is 878. The van der Waals surface area contributed by atoms with Crippen LogP contribution in [-0.2, 0) is 26.4 Å². The second kappa shape index (κ2) is 9.91. The molecule has 0 amide bonds. The molecule has 3 N–H and O–H groups in total. The van der Waals surface area contributed by atoms with Crippen molar-refractivity contribution >= 4 is 35.5 Å². The van der Waals surface area contributed by atoms with Gasteiger partial charge in [-0.1, -0.05) is 23.2 Å². The fourth-order valence-corrected chi connectivity index (χ4v) is 2.10. The van der Waals surface area contributed by atoms with Crippen LogP contribution in [0.5, 0.6) is 0 Å². The monoisotopic (exact) mass is 474 g/mol. The van der Waals surface area contributed by atoms with Gasteiger partial charge in [0.2, 0.25) is 0 Å². The lowest BCUT2D eigenvalue weighted by Gasteiger charge is -2.02. The van der Waals surface area contributed by atoms with Gasteiger partial charge in [0.05, 0.1) is 5.56 Å². The van der Waals surface area contributed by atoms with Crippen LogP contribution >= 0.6 is 23.2 Å². The van der Waals surface area contributed by atoms with Gasteiger partial charge in [0.1, 0.15) is 15.9 Å². The van der Waals surface area contributed by atoms with Gasteiger partial charge in [0, 0.05) is 14.1 Å². The number of carbonyl (C=O) groups is 2. The summed E-state index contributed by atoms with van der Waals surface area (Å²) in [5.41, 5.74) is -4.40. The van der Waals surface area contributed by atoms with Gasteiger partial charge in [0.25, 0.3) is 0 Å². The van der Waals surface area contributed by atoms with Gasteiger partial charge in [0.15, 0.2) is 17.7 Å². The molecule has 0 aliphatic carbocycles. The average molecular weight is 475 g/mol. The minimum absolute atomic E-state index is 0.0398. The lowest BCUT2D eigenvalue weighted by Crippen LogP contribution is -2.12. The zero-order chi connectivity index (χ0) is 23.3. The number of alkyl halides is 6. The maximum Gasteiger partial charge on any atom is 0.436 e. The highest BCUT2D eigenvalue weighted by molar-refractivity contribution is 6.32. The lowest BCUT2D eigenvalue weighted by atomic mass is 10.2. The zero-order valence-corrected chi connectivity index (χ0v) is 15.6. The van der Waals surface area contributed by atoms with Crippen molar-refractivity contribution in [2.24, 2.45) is 14.1 Å². The maximum atomic E-state index is 12.2. The van der Waals surface area contributed by atoms with E-state index in [1.807, 2.05) is 0 Å². The molecule has 0 saturated carbocycles. The Morgan fingerprint density at radius 2 is 1.31 bits per heavy atom. The minimum Gasteiger partial charge on any atom is -0.478 e. The van der Waals surface area contributed by atoms with Crippen molar-refractivity contribution in [1.82, 2.24) is 19.6 Å². The van der Waals surface area contributed by atoms with E-state index in [1.54, 1.807) is 0 Å². The predicted molar refractivity (Wildman–Crippen MR) is 84.0 cm³/mol. The van der Waals surface area contributed by atoms with Gasteiger partial charge in [-0.3, -0.25) is 24.7 Å². The summed E-state index contributed by atoms with van der Waals surface area (Å²) in [5.74, 6) is -1.75. The molecule has 0 fully saturated rings. The Hall–Kier alpha value is -2.36. The van der Waals surface area contributed by atoms with E-state index in [4.69, 9.17) is 38.8 Å². The fraction of sp³-hybridized carbons (Fsp3) is 0.333. The summed E-state index contributed by atoms with van der Waals surface area (Å²) >= 11 is 10.7. The van der Waals surface area contributed by atoms with Gasteiger partial charge < -0.3 is 5.11 Å². The number of halogens is 8. The maximum absolute atomic E-state index is 12.2. The van der Waals surface area contributed by atoms with Crippen molar-refractivity contribution in [2.45, 2.75) is 12.4 Å². The van der Waals surface area contributed by atoms with Crippen molar-refractivity contribution in [3.05, 3.63) is 32.8 Å². The van der Waals surface area contributed by atoms with Crippen molar-refractivity contribution in [3.8, 4) is 0 Å². The topological polar surface area (TPSA) is 130 Å². The van der Waals surface area contributed by atoms with Crippen molar-refractivity contribution in [2.75, 3.05) is 0 Å². The Morgan fingerprint density at radius 1 is 0.931 bits per heavy atom. The van der Waals surface area contributed by atoms with Gasteiger partial charge in [-0.25, -0.2) is 4.79 Å². The van der Waals surface area contributed by atoms with E-state index in [-0.39, 0.29) is 11.4 Å². The van der Waals surface area contributed by atoms with E-state index < -0.39 is 46.0 Å². The van der Waals surface area contributed by atoms with E-state index >= 15 is 0 Å². The van der Waals surface area contributed by atoms with Gasteiger partial charge in [-0.2, -0.15) is 36.5 Å². The number of carbonyl (C=O) groups excluding carboxylic acids is 1. The number of carboxylic acids is 1. The number of rotatable bonds is 2. The second-order valence-corrected chi connectivity index (χ2v) is 5.45. The normalized spacial score (nSPS) is 11.2. The molecule has 9 nitrogen and oxygen atoms in total. The number of nitrogens with zero attached hydrogens (tertiary/aromatic N) is 4. The average Bonchev–Trinajstić information content (AvgIpc) is 3.07. The molecule has 0 atom stereocenters. The van der Waals surface area contributed by atoms with Crippen LogP contribution in [0, 0.1) is 0 Å². The summed E-state index contributed by atoms with van der Waals surface area (Å²) in [7, 11) is 2.36. The zero-order valence-electron chi connectivity index (χ0n) is 14.0. The number of hydrogen-bond donors (Lipinski definition) is 3. The van der Waals surface area contributed by atoms with E-state index in [9.17, 15) is 35.9 Å². The molecule has 0 bridgehead atoms. The highest BCUT2D eigenvalue weighted by Gasteiger charge is 2.41. The number of aromatic nitrogens is 4. The molecule has 0 radical (unpaired) electrons. The molecule has 2 aromatic rings. The summed E-state index contributed by atoms with van der Waals surface area (Å²) in [4.78, 5) is 20.7. The van der Waals surface area contributed by atoms with Gasteiger partial charge in [-0.05, 0) is 0 Å². The molecule has 0 spiro atoms. The Kier molecular flexibility index (Phi) is 9.10. The molecule has 17 heteroatoms. The van der Waals surface area contributed by atoms with Crippen LogP contribution in [0.4, 0.5) is 26.3 Å². The molecule has 0 saturated heterocycles. The minimum atomic E-state index is -4.82. The molecule has 29 heavy (non-hydrogen) atoms. The second-order valence-electron chi connectivity index (χ2n) is 4.73. The molecule has 2 aromatic heterocycles. The van der Waals surface area contributed by atoms with Crippen LogP contribution in [0.2, 0.25) is 10.3 Å². The summed E-state index contributed by atoms with van der Waals surface area (Å²) < 4.78 is 74.5. The molecular formula is C12H10Cl2F6N4O5. The molecule has 0 unspecified atom stereocenters. The highest BCUT2D eigenvalue weighted by Crippen LogP contribution is 2.34. The Labute approximate surface area is 166 Å².